The van der Waals surface area contributed by atoms with Crippen molar-refractivity contribution in [1.82, 2.24) is 20.5 Å². The molecule has 0 radical (unpaired) electrons. The van der Waals surface area contributed by atoms with Crippen molar-refractivity contribution in [1.29, 1.82) is 0 Å². The first-order valence-electron chi connectivity index (χ1n) is 10.4. The Kier molecular flexibility index (Phi) is 6.18. The SMILES string of the molecule is CCOC(=O)[C@@]1(Cc2ccc(OCc3cn(-c4ccccc4)nn3)cc2)C[C@@H]1C(=O)NO. The minimum Gasteiger partial charge on any atom is -0.487 e. The van der Waals surface area contributed by atoms with E-state index in [2.05, 4.69) is 10.3 Å². The van der Waals surface area contributed by atoms with Crippen LogP contribution in [0.15, 0.2) is 60.8 Å². The summed E-state index contributed by atoms with van der Waals surface area (Å²) >= 11 is 0. The van der Waals surface area contributed by atoms with Crippen molar-refractivity contribution in [2.45, 2.75) is 26.4 Å². The van der Waals surface area contributed by atoms with Gasteiger partial charge in [-0.25, -0.2) is 10.2 Å². The van der Waals surface area contributed by atoms with Crippen LogP contribution in [0.4, 0.5) is 0 Å². The summed E-state index contributed by atoms with van der Waals surface area (Å²) in [4.78, 5) is 24.3. The summed E-state index contributed by atoms with van der Waals surface area (Å²) in [5, 5.41) is 17.2. The normalized spacial score (nSPS) is 19.2. The van der Waals surface area contributed by atoms with Crippen molar-refractivity contribution in [3.63, 3.8) is 0 Å². The molecule has 1 aliphatic rings. The monoisotopic (exact) mass is 436 g/mol. The van der Waals surface area contributed by atoms with Crippen LogP contribution in [-0.2, 0) is 27.4 Å². The number of aromatic nitrogens is 3. The topological polar surface area (TPSA) is 116 Å². The summed E-state index contributed by atoms with van der Waals surface area (Å²) in [7, 11) is 0. The highest BCUT2D eigenvalue weighted by Gasteiger charge is 2.64. The number of esters is 1. The highest BCUT2D eigenvalue weighted by atomic mass is 16.5. The van der Waals surface area contributed by atoms with Gasteiger partial charge in [0.05, 0.1) is 29.8 Å². The van der Waals surface area contributed by atoms with E-state index < -0.39 is 23.2 Å². The minimum absolute atomic E-state index is 0.232. The second-order valence-electron chi connectivity index (χ2n) is 7.71. The van der Waals surface area contributed by atoms with Gasteiger partial charge in [-0.3, -0.25) is 14.8 Å². The van der Waals surface area contributed by atoms with Crippen molar-refractivity contribution < 1.29 is 24.3 Å². The van der Waals surface area contributed by atoms with Crippen molar-refractivity contribution in [2.24, 2.45) is 11.3 Å². The average Bonchev–Trinajstić information content (AvgIpc) is 3.36. The molecule has 0 unspecified atom stereocenters. The van der Waals surface area contributed by atoms with E-state index in [9.17, 15) is 9.59 Å². The van der Waals surface area contributed by atoms with Crippen LogP contribution in [0, 0.1) is 11.3 Å². The van der Waals surface area contributed by atoms with Crippen molar-refractivity contribution in [2.75, 3.05) is 6.61 Å². The number of amides is 1. The summed E-state index contributed by atoms with van der Waals surface area (Å²) in [6, 6.07) is 17.0. The van der Waals surface area contributed by atoms with E-state index in [1.165, 1.54) is 0 Å². The molecule has 1 amide bonds. The molecule has 1 aliphatic carbocycles. The Bertz CT molecular complexity index is 1080. The molecule has 166 valence electrons. The minimum atomic E-state index is -0.943. The Morgan fingerprint density at radius 1 is 1.19 bits per heavy atom. The highest BCUT2D eigenvalue weighted by Crippen LogP contribution is 2.55. The fraction of sp³-hybridized carbons (Fsp3) is 0.304. The van der Waals surface area contributed by atoms with E-state index in [1.807, 2.05) is 48.7 Å². The first-order valence-corrected chi connectivity index (χ1v) is 10.4. The van der Waals surface area contributed by atoms with Crippen LogP contribution in [0.1, 0.15) is 24.6 Å². The number of ether oxygens (including phenoxy) is 2. The number of hydrogen-bond acceptors (Lipinski definition) is 7. The molecule has 3 aromatic rings. The summed E-state index contributed by atoms with van der Waals surface area (Å²) in [6.07, 6.45) is 2.50. The molecule has 4 rings (SSSR count). The molecule has 2 aromatic carbocycles. The van der Waals surface area contributed by atoms with Crippen LogP contribution in [-0.4, -0.2) is 38.7 Å². The molecule has 9 heteroatoms. The molecule has 0 aliphatic heterocycles. The smallest absolute Gasteiger partial charge is 0.313 e. The Labute approximate surface area is 184 Å². The predicted octanol–water partition coefficient (Wildman–Crippen LogP) is 2.46. The number of rotatable bonds is 9. The average molecular weight is 436 g/mol. The first-order chi connectivity index (χ1) is 15.6. The molecule has 2 atom stereocenters. The summed E-state index contributed by atoms with van der Waals surface area (Å²) in [5.41, 5.74) is 3.17. The Morgan fingerprint density at radius 2 is 1.94 bits per heavy atom. The maximum atomic E-state index is 12.5. The summed E-state index contributed by atoms with van der Waals surface area (Å²) in [6.45, 7) is 2.22. The third-order valence-electron chi connectivity index (χ3n) is 5.58. The fourth-order valence-electron chi connectivity index (χ4n) is 3.79. The largest absolute Gasteiger partial charge is 0.487 e. The van der Waals surface area contributed by atoms with Gasteiger partial charge in [-0.15, -0.1) is 5.10 Å². The van der Waals surface area contributed by atoms with E-state index in [0.29, 0.717) is 24.3 Å². The number of benzene rings is 2. The molecule has 9 nitrogen and oxygen atoms in total. The molecule has 0 spiro atoms. The molecule has 1 saturated carbocycles. The second-order valence-corrected chi connectivity index (χ2v) is 7.71. The lowest BCUT2D eigenvalue weighted by Gasteiger charge is -2.16. The molecular weight excluding hydrogens is 412 g/mol. The molecule has 1 fully saturated rings. The number of para-hydroxylation sites is 1. The van der Waals surface area contributed by atoms with Crippen LogP contribution < -0.4 is 10.2 Å². The Morgan fingerprint density at radius 3 is 2.62 bits per heavy atom. The number of hydrogen-bond donors (Lipinski definition) is 2. The number of carbonyl (C=O) groups excluding carboxylic acids is 2. The zero-order valence-corrected chi connectivity index (χ0v) is 17.6. The highest BCUT2D eigenvalue weighted by molar-refractivity contribution is 5.93. The van der Waals surface area contributed by atoms with Gasteiger partial charge in [-0.1, -0.05) is 35.5 Å². The number of hydroxylamine groups is 1. The van der Waals surface area contributed by atoms with E-state index in [0.717, 1.165) is 11.3 Å². The molecule has 0 bridgehead atoms. The van der Waals surface area contributed by atoms with Crippen molar-refractivity contribution in [3.8, 4) is 11.4 Å². The number of nitrogens with one attached hydrogen (secondary N) is 1. The van der Waals surface area contributed by atoms with E-state index in [1.54, 1.807) is 29.2 Å². The zero-order chi connectivity index (χ0) is 22.6. The molecule has 2 N–H and O–H groups in total. The maximum absolute atomic E-state index is 12.5. The van der Waals surface area contributed by atoms with E-state index >= 15 is 0 Å². The number of nitrogens with zero attached hydrogens (tertiary/aromatic N) is 3. The lowest BCUT2D eigenvalue weighted by molar-refractivity contribution is -0.152. The quantitative estimate of drug-likeness (QED) is 0.301. The molecule has 1 aromatic heterocycles. The second kappa shape index (κ2) is 9.19. The Hall–Kier alpha value is -3.72. The lowest BCUT2D eigenvalue weighted by atomic mass is 9.93. The van der Waals surface area contributed by atoms with Gasteiger partial charge in [0.2, 0.25) is 5.91 Å². The van der Waals surface area contributed by atoms with Gasteiger partial charge in [0.15, 0.2) is 0 Å². The van der Waals surface area contributed by atoms with Gasteiger partial charge in [0.1, 0.15) is 18.1 Å². The Balaban J connectivity index is 1.37. The van der Waals surface area contributed by atoms with Gasteiger partial charge in [0, 0.05) is 0 Å². The first kappa shape index (κ1) is 21.5. The van der Waals surface area contributed by atoms with Crippen LogP contribution in [0.25, 0.3) is 5.69 Å². The third-order valence-corrected chi connectivity index (χ3v) is 5.58. The summed E-state index contributed by atoms with van der Waals surface area (Å²) < 4.78 is 12.7. The van der Waals surface area contributed by atoms with E-state index in [4.69, 9.17) is 14.7 Å². The van der Waals surface area contributed by atoms with Gasteiger partial charge in [-0.2, -0.15) is 0 Å². The van der Waals surface area contributed by atoms with Crippen molar-refractivity contribution in [3.05, 3.63) is 72.1 Å². The van der Waals surface area contributed by atoms with Gasteiger partial charge < -0.3 is 9.47 Å². The summed E-state index contributed by atoms with van der Waals surface area (Å²) in [5.74, 6) is -0.944. The third kappa shape index (κ3) is 4.47. The van der Waals surface area contributed by atoms with Crippen LogP contribution in [0.5, 0.6) is 5.75 Å². The van der Waals surface area contributed by atoms with Crippen molar-refractivity contribution >= 4 is 11.9 Å². The van der Waals surface area contributed by atoms with Gasteiger partial charge in [-0.05, 0) is 49.6 Å². The predicted molar refractivity (Wildman–Crippen MR) is 113 cm³/mol. The molecular formula is C23H24N4O5. The number of carbonyl (C=O) groups is 2. The molecule has 32 heavy (non-hydrogen) atoms. The van der Waals surface area contributed by atoms with E-state index in [-0.39, 0.29) is 13.2 Å². The molecule has 0 saturated heterocycles. The lowest BCUT2D eigenvalue weighted by Crippen LogP contribution is -2.30. The fourth-order valence-corrected chi connectivity index (χ4v) is 3.79. The molecule has 1 heterocycles. The standard InChI is InChI=1S/C23H24N4O5/c1-2-31-22(29)23(13-20(23)21(28)25-30)12-16-8-10-19(11-9-16)32-15-17-14-27(26-24-17)18-6-4-3-5-7-18/h3-11,14,20,30H,2,12-13,15H2,1H3,(H,25,28)/t20-,23+/m1/s1. The zero-order valence-electron chi connectivity index (χ0n) is 17.6. The van der Waals surface area contributed by atoms with Gasteiger partial charge >= 0.3 is 5.97 Å². The van der Waals surface area contributed by atoms with Crippen LogP contribution in [0.3, 0.4) is 0 Å². The van der Waals surface area contributed by atoms with Crippen LogP contribution >= 0.6 is 0 Å². The van der Waals surface area contributed by atoms with Crippen LogP contribution in [0.2, 0.25) is 0 Å². The maximum Gasteiger partial charge on any atom is 0.313 e. The van der Waals surface area contributed by atoms with Gasteiger partial charge in [0.25, 0.3) is 0 Å².